The van der Waals surface area contributed by atoms with Crippen molar-refractivity contribution in [3.05, 3.63) is 70.3 Å². The number of benzene rings is 2. The van der Waals surface area contributed by atoms with Gasteiger partial charge in [0.05, 0.1) is 11.5 Å². The highest BCUT2D eigenvalue weighted by molar-refractivity contribution is 8.93. The van der Waals surface area contributed by atoms with Crippen LogP contribution in [0.3, 0.4) is 0 Å². The van der Waals surface area contributed by atoms with Crippen LogP contribution in [-0.4, -0.2) is 33.5 Å². The zero-order valence-electron chi connectivity index (χ0n) is 15.0. The van der Waals surface area contributed by atoms with Crippen LogP contribution in [0.15, 0.2) is 54.6 Å². The van der Waals surface area contributed by atoms with Gasteiger partial charge in [0.15, 0.2) is 6.54 Å². The fourth-order valence-corrected chi connectivity index (χ4v) is 4.05. The number of hydrogen-bond donors (Lipinski definition) is 1. The maximum atomic E-state index is 11.7. The first kappa shape index (κ1) is 19.5. The lowest BCUT2D eigenvalue weighted by Gasteiger charge is -2.29. The lowest BCUT2D eigenvalue weighted by Crippen LogP contribution is -2.47. The van der Waals surface area contributed by atoms with Crippen molar-refractivity contribution in [3.8, 4) is 0 Å². The molecule has 0 saturated carbocycles. The fraction of sp³-hybridized carbons (Fsp3) is 0.350. The van der Waals surface area contributed by atoms with Gasteiger partial charge in [0.2, 0.25) is 0 Å². The molecule has 1 atom stereocenters. The maximum absolute atomic E-state index is 11.7. The minimum atomic E-state index is -1.32. The Morgan fingerprint density at radius 1 is 1.07 bits per heavy atom. The predicted octanol–water partition coefficient (Wildman–Crippen LogP) is 3.82. The molecule has 0 saturated heterocycles. The van der Waals surface area contributed by atoms with E-state index in [9.17, 15) is 15.2 Å². The van der Waals surface area contributed by atoms with Crippen molar-refractivity contribution in [1.82, 2.24) is 0 Å². The summed E-state index contributed by atoms with van der Waals surface area (Å²) in [6.07, 6.45) is 4.25. The van der Waals surface area contributed by atoms with Gasteiger partial charge in [0, 0.05) is 24.1 Å². The Kier molecular flexibility index (Phi) is 5.62. The highest BCUT2D eigenvalue weighted by atomic mass is 79.9. The first-order valence-electron chi connectivity index (χ1n) is 9.03. The minimum Gasteiger partial charge on any atom is -0.346 e. The molecule has 2 heterocycles. The van der Waals surface area contributed by atoms with Gasteiger partial charge in [0.25, 0.3) is 17.2 Å². The Morgan fingerprint density at radius 2 is 1.85 bits per heavy atom. The third-order valence-corrected chi connectivity index (χ3v) is 5.27. The molecule has 1 N–H and O–H groups in total. The number of amidine groups is 1. The van der Waals surface area contributed by atoms with Crippen molar-refractivity contribution in [2.24, 2.45) is 0 Å². The number of nitrogens with zero attached hydrogens (tertiary/aromatic N) is 3. The summed E-state index contributed by atoms with van der Waals surface area (Å²) < 4.78 is 2.23. The summed E-state index contributed by atoms with van der Waals surface area (Å²) in [7, 11) is 0. The van der Waals surface area contributed by atoms with Crippen molar-refractivity contribution in [2.75, 3.05) is 18.0 Å². The number of para-hydroxylation sites is 1. The first-order chi connectivity index (χ1) is 12.6. The van der Waals surface area contributed by atoms with Crippen LogP contribution in [0, 0.1) is 10.1 Å². The summed E-state index contributed by atoms with van der Waals surface area (Å²) in [5.41, 5.74) is 0.133. The summed E-state index contributed by atoms with van der Waals surface area (Å²) in [6, 6.07) is 16.2. The number of anilines is 1. The highest BCUT2D eigenvalue weighted by Crippen LogP contribution is 2.38. The first-order valence-corrected chi connectivity index (χ1v) is 9.03. The minimum absolute atomic E-state index is 0. The van der Waals surface area contributed by atoms with Crippen LogP contribution >= 0.6 is 17.0 Å². The van der Waals surface area contributed by atoms with Gasteiger partial charge in [-0.3, -0.25) is 14.7 Å². The van der Waals surface area contributed by atoms with E-state index in [4.69, 9.17) is 0 Å². The second kappa shape index (κ2) is 7.78. The number of nitro benzene ring substituents is 1. The molecule has 0 radical (unpaired) electrons. The highest BCUT2D eigenvalue weighted by Gasteiger charge is 2.54. The molecule has 0 amide bonds. The Hall–Kier alpha value is -2.25. The summed E-state index contributed by atoms with van der Waals surface area (Å²) in [4.78, 5) is 12.8. The monoisotopic (exact) mass is 432 g/mol. The number of hydrogen-bond acceptors (Lipinski definition) is 4. The predicted molar refractivity (Wildman–Crippen MR) is 110 cm³/mol. The molecule has 27 heavy (non-hydrogen) atoms. The van der Waals surface area contributed by atoms with Crippen molar-refractivity contribution < 1.29 is 14.6 Å². The second-order valence-electron chi connectivity index (χ2n) is 6.94. The maximum Gasteiger partial charge on any atom is 0.275 e. The van der Waals surface area contributed by atoms with Gasteiger partial charge in [0.1, 0.15) is 5.69 Å². The van der Waals surface area contributed by atoms with E-state index >= 15 is 0 Å². The Balaban J connectivity index is 0.00000210. The summed E-state index contributed by atoms with van der Waals surface area (Å²) in [5.74, 6) is 1.10. The van der Waals surface area contributed by atoms with Gasteiger partial charge in [-0.1, -0.05) is 30.3 Å². The molecule has 0 aromatic heterocycles. The number of halogens is 1. The van der Waals surface area contributed by atoms with E-state index in [0.29, 0.717) is 12.1 Å². The van der Waals surface area contributed by atoms with Crippen molar-refractivity contribution >= 4 is 34.2 Å². The number of nitro groups is 1. The van der Waals surface area contributed by atoms with Crippen molar-refractivity contribution in [2.45, 2.75) is 31.4 Å². The molecular formula is C20H23BrN3O3+. The largest absolute Gasteiger partial charge is 0.346 e. The van der Waals surface area contributed by atoms with Gasteiger partial charge >= 0.3 is 0 Å². The molecule has 0 fully saturated rings. The third kappa shape index (κ3) is 3.49. The van der Waals surface area contributed by atoms with E-state index in [1.807, 2.05) is 35.2 Å². The molecule has 6 nitrogen and oxygen atoms in total. The third-order valence-electron chi connectivity index (χ3n) is 5.27. The fourth-order valence-electron chi connectivity index (χ4n) is 4.05. The normalized spacial score (nSPS) is 22.0. The molecule has 0 spiro atoms. The number of rotatable bonds is 3. The molecule has 0 bridgehead atoms. The molecule has 2 aromatic carbocycles. The smallest absolute Gasteiger partial charge is 0.275 e. The molecule has 2 aliphatic heterocycles. The molecule has 0 aliphatic carbocycles. The molecular weight excluding hydrogens is 410 g/mol. The van der Waals surface area contributed by atoms with Crippen LogP contribution in [0.1, 0.15) is 31.2 Å². The lowest BCUT2D eigenvalue weighted by molar-refractivity contribution is -0.534. The molecule has 4 rings (SSSR count). The molecule has 142 valence electrons. The zero-order chi connectivity index (χ0) is 18.1. The quantitative estimate of drug-likeness (QED) is 0.454. The van der Waals surface area contributed by atoms with Crippen LogP contribution in [-0.2, 0) is 5.72 Å². The van der Waals surface area contributed by atoms with E-state index in [1.54, 1.807) is 12.1 Å². The summed E-state index contributed by atoms with van der Waals surface area (Å²) >= 11 is 0. The zero-order valence-corrected chi connectivity index (χ0v) is 16.7. The Labute approximate surface area is 168 Å². The Bertz CT molecular complexity index is 872. The summed E-state index contributed by atoms with van der Waals surface area (Å²) in [5, 5.41) is 23.0. The van der Waals surface area contributed by atoms with Crippen molar-refractivity contribution in [1.29, 1.82) is 0 Å². The van der Waals surface area contributed by atoms with E-state index in [1.165, 1.54) is 18.6 Å². The van der Waals surface area contributed by atoms with Crippen LogP contribution < -0.4 is 4.90 Å². The van der Waals surface area contributed by atoms with Gasteiger partial charge < -0.3 is 5.11 Å². The lowest BCUT2D eigenvalue weighted by atomic mass is 9.99. The van der Waals surface area contributed by atoms with Crippen molar-refractivity contribution in [3.63, 3.8) is 0 Å². The molecule has 1 unspecified atom stereocenters. The van der Waals surface area contributed by atoms with Gasteiger partial charge in [-0.2, -0.15) is 4.90 Å². The van der Waals surface area contributed by atoms with E-state index in [2.05, 4.69) is 4.58 Å². The Morgan fingerprint density at radius 3 is 2.59 bits per heavy atom. The topological polar surface area (TPSA) is 69.6 Å². The summed E-state index contributed by atoms with van der Waals surface area (Å²) in [6.45, 7) is 1.31. The van der Waals surface area contributed by atoms with Crippen LogP contribution in [0.4, 0.5) is 11.4 Å². The van der Waals surface area contributed by atoms with E-state index in [0.717, 1.165) is 37.3 Å². The SMILES string of the molecule is Br.O=[N+]([O-])c1cccc(C2(O)C[N+]3=C(CCCCC3)N2c2ccccc2)c1. The van der Waals surface area contributed by atoms with E-state index < -0.39 is 10.6 Å². The van der Waals surface area contributed by atoms with Gasteiger partial charge in [-0.15, -0.1) is 17.0 Å². The number of aliphatic hydroxyl groups is 1. The second-order valence-corrected chi connectivity index (χ2v) is 6.94. The average Bonchev–Trinajstić information content (AvgIpc) is 2.79. The standard InChI is InChI=1S/C20H22N3O3.BrH/c24-20(16-8-7-11-18(14-16)23(25)26)15-21-13-6-2-5-12-19(21)22(20)17-9-3-1-4-10-17;/h1,3-4,7-11,14,24H,2,5-6,12-13,15H2;1H/q+1;. The van der Waals surface area contributed by atoms with Crippen LogP contribution in [0.2, 0.25) is 0 Å². The molecule has 2 aliphatic rings. The average molecular weight is 433 g/mol. The van der Waals surface area contributed by atoms with E-state index in [-0.39, 0.29) is 22.7 Å². The van der Waals surface area contributed by atoms with Crippen LogP contribution in [0.5, 0.6) is 0 Å². The number of non-ortho nitro benzene ring substituents is 1. The molecule has 7 heteroatoms. The van der Waals surface area contributed by atoms with Gasteiger partial charge in [-0.25, -0.2) is 0 Å². The van der Waals surface area contributed by atoms with Gasteiger partial charge in [-0.05, 0) is 31.4 Å². The molecule has 2 aromatic rings. The van der Waals surface area contributed by atoms with Crippen LogP contribution in [0.25, 0.3) is 0 Å².